The van der Waals surface area contributed by atoms with Gasteiger partial charge in [0.1, 0.15) is 0 Å². The Kier molecular flexibility index (Phi) is 5.33. The first-order valence-corrected chi connectivity index (χ1v) is 9.97. The van der Waals surface area contributed by atoms with Gasteiger partial charge in [-0.1, -0.05) is 0 Å². The monoisotopic (exact) mass is 369 g/mol. The lowest BCUT2D eigenvalue weighted by Gasteiger charge is -2.40. The van der Waals surface area contributed by atoms with Crippen molar-refractivity contribution in [1.29, 1.82) is 5.26 Å². The highest BCUT2D eigenvalue weighted by Gasteiger charge is 2.30. The second-order valence-electron chi connectivity index (χ2n) is 7.93. The molecule has 0 amide bonds. The third kappa shape index (κ3) is 3.67. The fourth-order valence-electron chi connectivity index (χ4n) is 4.87. The zero-order valence-electron chi connectivity index (χ0n) is 15.9. The molecule has 6 nitrogen and oxygen atoms in total. The second-order valence-corrected chi connectivity index (χ2v) is 7.93. The Hall–Kier alpha value is -2.10. The number of benzene rings is 1. The minimum atomic E-state index is -0.307. The number of fused-ring (bicyclic) bond motifs is 1. The normalized spacial score (nSPS) is 24.9. The van der Waals surface area contributed by atoms with E-state index in [1.54, 1.807) is 29.9 Å². The van der Waals surface area contributed by atoms with Crippen LogP contribution in [0.5, 0.6) is 0 Å². The fourth-order valence-corrected chi connectivity index (χ4v) is 4.87. The maximum Gasteiger partial charge on any atom is 0.420 e. The quantitative estimate of drug-likeness (QED) is 0.827. The molecule has 0 unspecified atom stereocenters. The Morgan fingerprint density at radius 3 is 2.56 bits per heavy atom. The zero-order chi connectivity index (χ0) is 18.8. The molecule has 0 atom stereocenters. The smallest absolute Gasteiger partial charge is 0.408 e. The average molecular weight is 369 g/mol. The van der Waals surface area contributed by atoms with Crippen molar-refractivity contribution in [1.82, 2.24) is 9.47 Å². The molecular weight excluding hydrogens is 342 g/mol. The highest BCUT2D eigenvalue weighted by Crippen LogP contribution is 2.32. The summed E-state index contributed by atoms with van der Waals surface area (Å²) in [6.45, 7) is 2.92. The molecule has 1 saturated heterocycles. The number of methoxy groups -OCH3 is 1. The van der Waals surface area contributed by atoms with Crippen molar-refractivity contribution in [3.8, 4) is 6.07 Å². The van der Waals surface area contributed by atoms with Crippen molar-refractivity contribution in [3.63, 3.8) is 0 Å². The summed E-state index contributed by atoms with van der Waals surface area (Å²) in [5, 5.41) is 9.15. The third-order valence-electron chi connectivity index (χ3n) is 6.34. The minimum absolute atomic E-state index is 0.147. The van der Waals surface area contributed by atoms with E-state index in [1.165, 1.54) is 25.7 Å². The summed E-state index contributed by atoms with van der Waals surface area (Å²) in [6, 6.07) is 8.14. The number of nitriles is 1. The van der Waals surface area contributed by atoms with Gasteiger partial charge in [0.25, 0.3) is 0 Å². The molecule has 0 radical (unpaired) electrons. The Bertz CT molecular complexity index is 878. The number of aromatic nitrogens is 1. The molecule has 0 N–H and O–H groups in total. The van der Waals surface area contributed by atoms with Crippen molar-refractivity contribution in [3.05, 3.63) is 34.3 Å². The molecule has 1 aliphatic heterocycles. The van der Waals surface area contributed by atoms with Gasteiger partial charge in [0, 0.05) is 38.9 Å². The lowest BCUT2D eigenvalue weighted by molar-refractivity contribution is 0.0710. The highest BCUT2D eigenvalue weighted by atomic mass is 16.5. The summed E-state index contributed by atoms with van der Waals surface area (Å²) in [5.74, 6) is 0.410. The van der Waals surface area contributed by atoms with Gasteiger partial charge in [0.15, 0.2) is 5.58 Å². The molecule has 27 heavy (non-hydrogen) atoms. The van der Waals surface area contributed by atoms with Crippen LogP contribution in [-0.2, 0) is 4.74 Å². The number of hydrogen-bond acceptors (Lipinski definition) is 5. The summed E-state index contributed by atoms with van der Waals surface area (Å²) in [6.07, 6.45) is 6.90. The number of likely N-dealkylation sites (tertiary alicyclic amines) is 1. The molecule has 0 spiro atoms. The third-order valence-corrected chi connectivity index (χ3v) is 6.34. The van der Waals surface area contributed by atoms with Crippen LogP contribution in [0.25, 0.3) is 11.1 Å². The molecule has 2 aliphatic rings. The van der Waals surface area contributed by atoms with Gasteiger partial charge in [0.05, 0.1) is 17.1 Å². The lowest BCUT2D eigenvalue weighted by Crippen LogP contribution is -2.44. The molecular formula is C21H27N3O3. The molecule has 1 aromatic heterocycles. The van der Waals surface area contributed by atoms with E-state index in [-0.39, 0.29) is 11.8 Å². The predicted octanol–water partition coefficient (Wildman–Crippen LogP) is 3.31. The van der Waals surface area contributed by atoms with Gasteiger partial charge in [0.2, 0.25) is 0 Å². The Morgan fingerprint density at radius 1 is 1.15 bits per heavy atom. The van der Waals surface area contributed by atoms with Crippen LogP contribution < -0.4 is 5.76 Å². The van der Waals surface area contributed by atoms with Crippen LogP contribution >= 0.6 is 0 Å². The van der Waals surface area contributed by atoms with Crippen LogP contribution in [0.2, 0.25) is 0 Å². The molecule has 0 bridgehead atoms. The first-order valence-electron chi connectivity index (χ1n) is 9.97. The maximum absolute atomic E-state index is 12.4. The van der Waals surface area contributed by atoms with E-state index in [2.05, 4.69) is 11.0 Å². The van der Waals surface area contributed by atoms with Crippen molar-refractivity contribution < 1.29 is 9.15 Å². The average Bonchev–Trinajstić information content (AvgIpc) is 3.04. The van der Waals surface area contributed by atoms with E-state index in [0.717, 1.165) is 38.1 Å². The van der Waals surface area contributed by atoms with Crippen LogP contribution in [-0.4, -0.2) is 42.3 Å². The number of oxazole rings is 1. The summed E-state index contributed by atoms with van der Waals surface area (Å²) in [5.41, 5.74) is 1.87. The largest absolute Gasteiger partial charge is 0.420 e. The van der Waals surface area contributed by atoms with E-state index in [1.807, 2.05) is 0 Å². The van der Waals surface area contributed by atoms with Crippen molar-refractivity contribution >= 4 is 11.1 Å². The molecule has 1 aromatic carbocycles. The Labute approximate surface area is 159 Å². The summed E-state index contributed by atoms with van der Waals surface area (Å²) in [7, 11) is 1.79. The van der Waals surface area contributed by atoms with Crippen molar-refractivity contribution in [2.45, 2.75) is 50.6 Å². The van der Waals surface area contributed by atoms with Gasteiger partial charge in [-0.15, -0.1) is 0 Å². The SMILES string of the molecule is COCC1CCC(N2CCC(n3c(=O)oc4ccc(C#N)cc43)CC2)CC1. The van der Waals surface area contributed by atoms with Gasteiger partial charge < -0.3 is 14.1 Å². The van der Waals surface area contributed by atoms with Crippen LogP contribution in [0, 0.1) is 17.2 Å². The number of rotatable bonds is 4. The van der Waals surface area contributed by atoms with Crippen LogP contribution in [0.15, 0.2) is 27.4 Å². The molecule has 144 valence electrons. The molecule has 4 rings (SSSR count). The van der Waals surface area contributed by atoms with Gasteiger partial charge in [-0.25, -0.2) is 4.79 Å². The summed E-state index contributed by atoms with van der Waals surface area (Å²) in [4.78, 5) is 15.0. The molecule has 2 fully saturated rings. The van der Waals surface area contributed by atoms with E-state index < -0.39 is 0 Å². The molecule has 1 saturated carbocycles. The lowest BCUT2D eigenvalue weighted by atomic mass is 9.85. The Morgan fingerprint density at radius 2 is 1.89 bits per heavy atom. The molecule has 6 heteroatoms. The van der Waals surface area contributed by atoms with E-state index in [4.69, 9.17) is 14.4 Å². The first kappa shape index (κ1) is 18.3. The van der Waals surface area contributed by atoms with Crippen LogP contribution in [0.4, 0.5) is 0 Å². The van der Waals surface area contributed by atoms with E-state index in [9.17, 15) is 4.79 Å². The Balaban J connectivity index is 1.43. The van der Waals surface area contributed by atoms with Gasteiger partial charge >= 0.3 is 5.76 Å². The summed E-state index contributed by atoms with van der Waals surface area (Å²) < 4.78 is 12.5. The van der Waals surface area contributed by atoms with Gasteiger partial charge in [-0.3, -0.25) is 4.57 Å². The highest BCUT2D eigenvalue weighted by molar-refractivity contribution is 5.75. The van der Waals surface area contributed by atoms with Crippen LogP contribution in [0.3, 0.4) is 0 Å². The molecule has 2 heterocycles. The predicted molar refractivity (Wildman–Crippen MR) is 103 cm³/mol. The van der Waals surface area contributed by atoms with Gasteiger partial charge in [-0.2, -0.15) is 5.26 Å². The fraction of sp³-hybridized carbons (Fsp3) is 0.619. The van der Waals surface area contributed by atoms with Crippen molar-refractivity contribution in [2.24, 2.45) is 5.92 Å². The van der Waals surface area contributed by atoms with E-state index >= 15 is 0 Å². The molecule has 1 aliphatic carbocycles. The molecule has 2 aromatic rings. The first-order chi connectivity index (χ1) is 13.2. The topological polar surface area (TPSA) is 71.4 Å². The van der Waals surface area contributed by atoms with Crippen LogP contribution in [0.1, 0.15) is 50.1 Å². The van der Waals surface area contributed by atoms with Gasteiger partial charge in [-0.05, 0) is 62.6 Å². The number of piperidine rings is 1. The standard InChI is InChI=1S/C21H27N3O3/c1-26-14-15-2-5-17(6-3-15)23-10-8-18(9-11-23)24-19-12-16(13-22)4-7-20(19)27-21(24)25/h4,7,12,15,17-18H,2-3,5-6,8-11,14H2,1H3. The van der Waals surface area contributed by atoms with E-state index in [0.29, 0.717) is 23.1 Å². The summed E-state index contributed by atoms with van der Waals surface area (Å²) >= 11 is 0. The number of nitrogens with zero attached hydrogens (tertiary/aromatic N) is 3. The zero-order valence-corrected chi connectivity index (χ0v) is 15.9. The maximum atomic E-state index is 12.4. The minimum Gasteiger partial charge on any atom is -0.408 e. The second kappa shape index (κ2) is 7.87. The number of hydrogen-bond donors (Lipinski definition) is 0. The van der Waals surface area contributed by atoms with Crippen molar-refractivity contribution in [2.75, 3.05) is 26.8 Å². The number of ether oxygens (including phenoxy) is 1.